The molecule has 1 atom stereocenters. The summed E-state index contributed by atoms with van der Waals surface area (Å²) in [4.78, 5) is 12.7. The molecule has 0 radical (unpaired) electrons. The van der Waals surface area contributed by atoms with Gasteiger partial charge in [-0.25, -0.2) is 12.8 Å². The molecule has 1 aliphatic heterocycles. The number of Topliss-reactive ketones (excluding diaryl/α,β-unsaturated/α-hetero) is 1. The lowest BCUT2D eigenvalue weighted by molar-refractivity contribution is 0.0918. The third kappa shape index (κ3) is 3.12. The second-order valence-corrected chi connectivity index (χ2v) is 7.85. The topological polar surface area (TPSA) is 54.5 Å². The van der Waals surface area contributed by atoms with Crippen molar-refractivity contribution in [3.8, 4) is 0 Å². The summed E-state index contributed by atoms with van der Waals surface area (Å²) in [6.45, 7) is 2.22. The van der Waals surface area contributed by atoms with Crippen molar-refractivity contribution in [2.24, 2.45) is 0 Å². The maximum Gasteiger partial charge on any atom is 0.243 e. The number of carbonyl (C=O) groups excluding carboxylic acids is 1. The van der Waals surface area contributed by atoms with Gasteiger partial charge in [0, 0.05) is 12.1 Å². The van der Waals surface area contributed by atoms with Gasteiger partial charge in [0.2, 0.25) is 10.0 Å². The van der Waals surface area contributed by atoms with E-state index in [9.17, 15) is 17.6 Å². The first-order valence-electron chi connectivity index (χ1n) is 7.78. The minimum atomic E-state index is -3.82. The molecular formula is C18H18FNO3S. The number of ketones is 1. The van der Waals surface area contributed by atoms with Crippen molar-refractivity contribution >= 4 is 15.8 Å². The van der Waals surface area contributed by atoms with E-state index in [1.165, 1.54) is 16.4 Å². The largest absolute Gasteiger partial charge is 0.292 e. The number of rotatable bonds is 4. The van der Waals surface area contributed by atoms with Crippen LogP contribution < -0.4 is 0 Å². The summed E-state index contributed by atoms with van der Waals surface area (Å²) in [5.41, 5.74) is 1.54. The van der Waals surface area contributed by atoms with Gasteiger partial charge in [0.05, 0.1) is 10.9 Å². The minimum Gasteiger partial charge on any atom is -0.292 e. The van der Waals surface area contributed by atoms with Gasteiger partial charge in [0.15, 0.2) is 5.78 Å². The highest BCUT2D eigenvalue weighted by atomic mass is 32.2. The van der Waals surface area contributed by atoms with Gasteiger partial charge in [-0.15, -0.1) is 0 Å². The lowest BCUT2D eigenvalue weighted by Crippen LogP contribution is -2.40. The predicted octanol–water partition coefficient (Wildman–Crippen LogP) is 3.17. The van der Waals surface area contributed by atoms with E-state index in [2.05, 4.69) is 0 Å². The van der Waals surface area contributed by atoms with Crippen molar-refractivity contribution in [2.45, 2.75) is 30.7 Å². The Labute approximate surface area is 141 Å². The van der Waals surface area contributed by atoms with E-state index in [4.69, 9.17) is 0 Å². The highest BCUT2D eigenvalue weighted by Crippen LogP contribution is 2.28. The molecule has 1 fully saturated rings. The lowest BCUT2D eigenvalue weighted by atomic mass is 10.0. The zero-order valence-electron chi connectivity index (χ0n) is 13.3. The molecule has 0 amide bonds. The molecular weight excluding hydrogens is 329 g/mol. The molecule has 126 valence electrons. The summed E-state index contributed by atoms with van der Waals surface area (Å²) < 4.78 is 39.9. The Morgan fingerprint density at radius 3 is 2.33 bits per heavy atom. The highest BCUT2D eigenvalue weighted by molar-refractivity contribution is 7.89. The van der Waals surface area contributed by atoms with Crippen LogP contribution in [-0.4, -0.2) is 31.1 Å². The quantitative estimate of drug-likeness (QED) is 0.798. The predicted molar refractivity (Wildman–Crippen MR) is 88.8 cm³/mol. The van der Waals surface area contributed by atoms with Gasteiger partial charge in [0.25, 0.3) is 0 Å². The zero-order valence-corrected chi connectivity index (χ0v) is 14.1. The van der Waals surface area contributed by atoms with E-state index >= 15 is 0 Å². The van der Waals surface area contributed by atoms with Crippen LogP contribution in [0.3, 0.4) is 0 Å². The van der Waals surface area contributed by atoms with Crippen molar-refractivity contribution in [3.05, 3.63) is 65.5 Å². The molecule has 0 aromatic heterocycles. The molecule has 6 heteroatoms. The Bertz CT molecular complexity index is 845. The average molecular weight is 347 g/mol. The lowest BCUT2D eigenvalue weighted by Gasteiger charge is -2.23. The molecule has 3 rings (SSSR count). The number of hydrogen-bond donors (Lipinski definition) is 0. The smallest absolute Gasteiger partial charge is 0.243 e. The van der Waals surface area contributed by atoms with Gasteiger partial charge in [-0.2, -0.15) is 4.31 Å². The molecule has 0 spiro atoms. The molecule has 2 aromatic rings. The first kappa shape index (κ1) is 16.8. The van der Waals surface area contributed by atoms with E-state index in [1.807, 2.05) is 19.1 Å². The third-order valence-corrected chi connectivity index (χ3v) is 6.19. The molecule has 1 saturated heterocycles. The second-order valence-electron chi connectivity index (χ2n) is 5.96. The van der Waals surface area contributed by atoms with Crippen LogP contribution in [0.15, 0.2) is 53.4 Å². The molecule has 0 saturated carbocycles. The number of benzene rings is 2. The Hall–Kier alpha value is -2.05. The molecule has 2 aromatic carbocycles. The standard InChI is InChI=1S/C18H18FNO3S/c1-13-4-6-14(7-5-13)18(21)17-3-2-12-20(17)24(22,23)16-10-8-15(19)9-11-16/h4-11,17H,2-3,12H2,1H3. The average Bonchev–Trinajstić information content (AvgIpc) is 3.06. The fourth-order valence-corrected chi connectivity index (χ4v) is 4.60. The Balaban J connectivity index is 1.91. The van der Waals surface area contributed by atoms with Crippen LogP contribution in [0.2, 0.25) is 0 Å². The molecule has 24 heavy (non-hydrogen) atoms. The molecule has 0 N–H and O–H groups in total. The van der Waals surface area contributed by atoms with Crippen molar-refractivity contribution in [1.82, 2.24) is 4.31 Å². The van der Waals surface area contributed by atoms with Crippen LogP contribution in [0, 0.1) is 12.7 Å². The third-order valence-electron chi connectivity index (χ3n) is 4.26. The van der Waals surface area contributed by atoms with Gasteiger partial charge >= 0.3 is 0 Å². The van der Waals surface area contributed by atoms with Crippen LogP contribution in [0.5, 0.6) is 0 Å². The maximum absolute atomic E-state index is 13.0. The molecule has 0 bridgehead atoms. The normalized spacial score (nSPS) is 18.7. The van der Waals surface area contributed by atoms with E-state index in [0.29, 0.717) is 24.9 Å². The van der Waals surface area contributed by atoms with Crippen molar-refractivity contribution in [3.63, 3.8) is 0 Å². The number of halogens is 1. The number of sulfonamides is 1. The summed E-state index contributed by atoms with van der Waals surface area (Å²) >= 11 is 0. The maximum atomic E-state index is 13.0. The summed E-state index contributed by atoms with van der Waals surface area (Å²) in [7, 11) is -3.82. The summed E-state index contributed by atoms with van der Waals surface area (Å²) in [6, 6.07) is 11.1. The molecule has 4 nitrogen and oxygen atoms in total. The second kappa shape index (κ2) is 6.45. The van der Waals surface area contributed by atoms with Crippen LogP contribution >= 0.6 is 0 Å². The van der Waals surface area contributed by atoms with Crippen molar-refractivity contribution in [2.75, 3.05) is 6.54 Å². The van der Waals surface area contributed by atoms with Crippen LogP contribution in [-0.2, 0) is 10.0 Å². The van der Waals surface area contributed by atoms with Gasteiger partial charge in [-0.3, -0.25) is 4.79 Å². The number of nitrogens with zero attached hydrogens (tertiary/aromatic N) is 1. The monoisotopic (exact) mass is 347 g/mol. The van der Waals surface area contributed by atoms with Gasteiger partial charge in [-0.1, -0.05) is 29.8 Å². The summed E-state index contributed by atoms with van der Waals surface area (Å²) in [6.07, 6.45) is 1.12. The SMILES string of the molecule is Cc1ccc(C(=O)C2CCCN2S(=O)(=O)c2ccc(F)cc2)cc1. The van der Waals surface area contributed by atoms with E-state index in [1.54, 1.807) is 12.1 Å². The van der Waals surface area contributed by atoms with E-state index in [-0.39, 0.29) is 10.7 Å². The van der Waals surface area contributed by atoms with Gasteiger partial charge in [-0.05, 0) is 44.0 Å². The van der Waals surface area contributed by atoms with Crippen LogP contribution in [0.4, 0.5) is 4.39 Å². The summed E-state index contributed by atoms with van der Waals surface area (Å²) in [5, 5.41) is 0. The molecule has 1 heterocycles. The number of hydrogen-bond acceptors (Lipinski definition) is 3. The van der Waals surface area contributed by atoms with Crippen molar-refractivity contribution in [1.29, 1.82) is 0 Å². The van der Waals surface area contributed by atoms with Crippen LogP contribution in [0.1, 0.15) is 28.8 Å². The molecule has 1 unspecified atom stereocenters. The molecule has 1 aliphatic rings. The number of aryl methyl sites for hydroxylation is 1. The fraction of sp³-hybridized carbons (Fsp3) is 0.278. The highest BCUT2D eigenvalue weighted by Gasteiger charge is 2.39. The minimum absolute atomic E-state index is 0.00695. The van der Waals surface area contributed by atoms with Gasteiger partial charge in [0.1, 0.15) is 5.82 Å². The fourth-order valence-electron chi connectivity index (χ4n) is 2.94. The van der Waals surface area contributed by atoms with Crippen molar-refractivity contribution < 1.29 is 17.6 Å². The Morgan fingerprint density at radius 2 is 1.71 bits per heavy atom. The zero-order chi connectivity index (χ0) is 17.3. The van der Waals surface area contributed by atoms with Crippen LogP contribution in [0.25, 0.3) is 0 Å². The first-order chi connectivity index (χ1) is 11.4. The van der Waals surface area contributed by atoms with E-state index < -0.39 is 21.9 Å². The van der Waals surface area contributed by atoms with Gasteiger partial charge < -0.3 is 0 Å². The number of carbonyl (C=O) groups is 1. The van der Waals surface area contributed by atoms with E-state index in [0.717, 1.165) is 17.7 Å². The summed E-state index contributed by atoms with van der Waals surface area (Å²) in [5.74, 6) is -0.694. The molecule has 0 aliphatic carbocycles. The Kier molecular flexibility index (Phi) is 4.51. The Morgan fingerprint density at radius 1 is 1.08 bits per heavy atom. The first-order valence-corrected chi connectivity index (χ1v) is 9.22.